The lowest BCUT2D eigenvalue weighted by molar-refractivity contribution is -0.141. The number of methoxy groups -OCH3 is 1. The molecule has 2 rings (SSSR count). The summed E-state index contributed by atoms with van der Waals surface area (Å²) in [6, 6.07) is 11.0. The maximum Gasteiger partial charge on any atom is 0.333 e. The average molecular weight is 308 g/mol. The van der Waals surface area contributed by atoms with Crippen molar-refractivity contribution in [1.82, 2.24) is 0 Å². The Morgan fingerprint density at radius 1 is 1.24 bits per heavy atom. The molecule has 1 unspecified atom stereocenters. The number of halogens is 2. The van der Waals surface area contributed by atoms with E-state index in [1.807, 2.05) is 31.2 Å². The number of para-hydroxylation sites is 1. The molecule has 0 bridgehead atoms. The van der Waals surface area contributed by atoms with E-state index in [4.69, 9.17) is 16.3 Å². The zero-order valence-electron chi connectivity index (χ0n) is 11.7. The van der Waals surface area contributed by atoms with Crippen LogP contribution >= 0.6 is 11.6 Å². The molecule has 0 aliphatic rings. The van der Waals surface area contributed by atoms with Gasteiger partial charge in [-0.1, -0.05) is 41.9 Å². The van der Waals surface area contributed by atoms with Crippen molar-refractivity contribution in [3.8, 4) is 0 Å². The van der Waals surface area contributed by atoms with Gasteiger partial charge in [0.15, 0.2) is 6.04 Å². The van der Waals surface area contributed by atoms with Crippen molar-refractivity contribution in [1.29, 1.82) is 0 Å². The normalized spacial score (nSPS) is 11.8. The number of hydrogen-bond donors (Lipinski definition) is 1. The van der Waals surface area contributed by atoms with E-state index in [9.17, 15) is 9.18 Å². The van der Waals surface area contributed by atoms with Crippen LogP contribution in [0.25, 0.3) is 0 Å². The van der Waals surface area contributed by atoms with Crippen LogP contribution in [0.3, 0.4) is 0 Å². The third-order valence-corrected chi connectivity index (χ3v) is 3.47. The Hall–Kier alpha value is -2.07. The summed E-state index contributed by atoms with van der Waals surface area (Å²) >= 11 is 5.79. The van der Waals surface area contributed by atoms with E-state index in [1.165, 1.54) is 19.2 Å². The van der Waals surface area contributed by atoms with E-state index in [2.05, 4.69) is 5.32 Å². The highest BCUT2D eigenvalue weighted by Crippen LogP contribution is 2.28. The minimum absolute atomic E-state index is 0.0343. The Labute approximate surface area is 127 Å². The molecular weight excluding hydrogens is 293 g/mol. The summed E-state index contributed by atoms with van der Waals surface area (Å²) in [7, 11) is 1.26. The minimum atomic E-state index is -0.963. The maximum absolute atomic E-state index is 14.2. The van der Waals surface area contributed by atoms with Gasteiger partial charge < -0.3 is 10.1 Å². The largest absolute Gasteiger partial charge is 0.467 e. The number of benzene rings is 2. The molecule has 0 amide bonds. The summed E-state index contributed by atoms with van der Waals surface area (Å²) in [6.07, 6.45) is 0. The minimum Gasteiger partial charge on any atom is -0.467 e. The van der Waals surface area contributed by atoms with Gasteiger partial charge in [0.25, 0.3) is 0 Å². The van der Waals surface area contributed by atoms with E-state index >= 15 is 0 Å². The molecule has 2 aromatic carbocycles. The Kier molecular flexibility index (Phi) is 4.81. The first-order valence-corrected chi connectivity index (χ1v) is 6.76. The fourth-order valence-electron chi connectivity index (χ4n) is 2.02. The first-order chi connectivity index (χ1) is 10.0. The number of aryl methyl sites for hydroxylation is 1. The molecule has 1 N–H and O–H groups in total. The van der Waals surface area contributed by atoms with E-state index < -0.39 is 17.8 Å². The molecule has 0 heterocycles. The molecule has 3 nitrogen and oxygen atoms in total. The molecular formula is C16H15ClFNO2. The van der Waals surface area contributed by atoms with Gasteiger partial charge in [-0.2, -0.15) is 0 Å². The van der Waals surface area contributed by atoms with Crippen molar-refractivity contribution >= 4 is 23.3 Å². The molecule has 0 saturated heterocycles. The molecule has 0 spiro atoms. The van der Waals surface area contributed by atoms with Crippen LogP contribution in [0.2, 0.25) is 5.02 Å². The first kappa shape index (κ1) is 15.3. The molecule has 0 aliphatic carbocycles. The highest BCUT2D eigenvalue weighted by atomic mass is 35.5. The number of anilines is 1. The molecule has 0 fully saturated rings. The van der Waals surface area contributed by atoms with E-state index in [0.717, 1.165) is 11.3 Å². The standard InChI is InChI=1S/C16H15ClFNO2/c1-10-6-3-4-9-13(10)19-15(16(20)21-2)11-7-5-8-12(17)14(11)18/h3-9,15,19H,1-2H3. The molecule has 0 radical (unpaired) electrons. The van der Waals surface area contributed by atoms with Crippen molar-refractivity contribution in [2.45, 2.75) is 13.0 Å². The molecule has 0 aliphatic heterocycles. The summed E-state index contributed by atoms with van der Waals surface area (Å²) in [5.41, 5.74) is 1.82. The van der Waals surface area contributed by atoms with Crippen molar-refractivity contribution < 1.29 is 13.9 Å². The third kappa shape index (κ3) is 3.34. The van der Waals surface area contributed by atoms with Crippen LogP contribution in [-0.2, 0) is 9.53 Å². The number of carbonyl (C=O) groups is 1. The SMILES string of the molecule is COC(=O)C(Nc1ccccc1C)c1cccc(Cl)c1F. The van der Waals surface area contributed by atoms with Crippen molar-refractivity contribution in [3.05, 3.63) is 64.4 Å². The van der Waals surface area contributed by atoms with Gasteiger partial charge in [-0.25, -0.2) is 9.18 Å². The molecule has 2 aromatic rings. The summed E-state index contributed by atoms with van der Waals surface area (Å²) in [5.74, 6) is -1.21. The number of rotatable bonds is 4. The maximum atomic E-state index is 14.2. The predicted molar refractivity (Wildman–Crippen MR) is 81.0 cm³/mol. The summed E-state index contributed by atoms with van der Waals surface area (Å²) in [5, 5.41) is 2.97. The Balaban J connectivity index is 2.42. The van der Waals surface area contributed by atoms with Crippen molar-refractivity contribution in [2.75, 3.05) is 12.4 Å². The Morgan fingerprint density at radius 2 is 1.95 bits per heavy atom. The molecule has 5 heteroatoms. The predicted octanol–water partition coefficient (Wildman–Crippen LogP) is 4.11. The van der Waals surface area contributed by atoms with Gasteiger partial charge in [0.1, 0.15) is 5.82 Å². The van der Waals surface area contributed by atoms with Gasteiger partial charge in [0.05, 0.1) is 12.1 Å². The lowest BCUT2D eigenvalue weighted by atomic mass is 10.0. The third-order valence-electron chi connectivity index (χ3n) is 3.17. The fraction of sp³-hybridized carbons (Fsp3) is 0.188. The summed E-state index contributed by atoms with van der Waals surface area (Å²) in [4.78, 5) is 12.0. The lowest BCUT2D eigenvalue weighted by Gasteiger charge is -2.20. The number of nitrogens with one attached hydrogen (secondary N) is 1. The molecule has 0 aromatic heterocycles. The van der Waals surface area contributed by atoms with Gasteiger partial charge in [0.2, 0.25) is 0 Å². The Bertz CT molecular complexity index is 660. The van der Waals surface area contributed by atoms with Crippen LogP contribution in [0.1, 0.15) is 17.2 Å². The smallest absolute Gasteiger partial charge is 0.333 e. The Morgan fingerprint density at radius 3 is 2.62 bits per heavy atom. The summed E-state index contributed by atoms with van der Waals surface area (Å²) < 4.78 is 18.9. The highest BCUT2D eigenvalue weighted by molar-refractivity contribution is 6.30. The van der Waals surface area contributed by atoms with Crippen LogP contribution in [0.4, 0.5) is 10.1 Å². The average Bonchev–Trinajstić information content (AvgIpc) is 2.49. The molecule has 0 saturated carbocycles. The van der Waals surface area contributed by atoms with E-state index in [1.54, 1.807) is 6.07 Å². The number of esters is 1. The topological polar surface area (TPSA) is 38.3 Å². The van der Waals surface area contributed by atoms with Gasteiger partial charge >= 0.3 is 5.97 Å². The van der Waals surface area contributed by atoms with Gasteiger partial charge in [-0.05, 0) is 24.6 Å². The summed E-state index contributed by atoms with van der Waals surface area (Å²) in [6.45, 7) is 1.89. The van der Waals surface area contributed by atoms with Crippen LogP contribution in [0.5, 0.6) is 0 Å². The van der Waals surface area contributed by atoms with Gasteiger partial charge in [-0.3, -0.25) is 0 Å². The molecule has 1 atom stereocenters. The first-order valence-electron chi connectivity index (χ1n) is 6.38. The van der Waals surface area contributed by atoms with Gasteiger partial charge in [0, 0.05) is 11.3 Å². The van der Waals surface area contributed by atoms with Crippen LogP contribution in [0, 0.1) is 12.7 Å². The number of carbonyl (C=O) groups excluding carboxylic acids is 1. The molecule has 110 valence electrons. The van der Waals surface area contributed by atoms with Crippen LogP contribution in [-0.4, -0.2) is 13.1 Å². The van der Waals surface area contributed by atoms with Crippen LogP contribution in [0.15, 0.2) is 42.5 Å². The zero-order valence-corrected chi connectivity index (χ0v) is 12.4. The lowest BCUT2D eigenvalue weighted by Crippen LogP contribution is -2.23. The second-order valence-corrected chi connectivity index (χ2v) is 4.97. The van der Waals surface area contributed by atoms with Crippen molar-refractivity contribution in [3.63, 3.8) is 0 Å². The van der Waals surface area contributed by atoms with Crippen molar-refractivity contribution in [2.24, 2.45) is 0 Å². The van der Waals surface area contributed by atoms with E-state index in [0.29, 0.717) is 0 Å². The second-order valence-electron chi connectivity index (χ2n) is 4.56. The van der Waals surface area contributed by atoms with Gasteiger partial charge in [-0.15, -0.1) is 0 Å². The second kappa shape index (κ2) is 6.59. The number of ether oxygens (including phenoxy) is 1. The quantitative estimate of drug-likeness (QED) is 0.864. The molecule has 21 heavy (non-hydrogen) atoms. The van der Waals surface area contributed by atoms with Crippen LogP contribution < -0.4 is 5.32 Å². The fourth-order valence-corrected chi connectivity index (χ4v) is 2.20. The zero-order chi connectivity index (χ0) is 15.4. The highest BCUT2D eigenvalue weighted by Gasteiger charge is 2.25. The number of hydrogen-bond acceptors (Lipinski definition) is 3. The monoisotopic (exact) mass is 307 g/mol. The van der Waals surface area contributed by atoms with E-state index in [-0.39, 0.29) is 10.6 Å².